The van der Waals surface area contributed by atoms with Crippen molar-refractivity contribution in [1.82, 2.24) is 15.1 Å². The van der Waals surface area contributed by atoms with Gasteiger partial charge in [-0.1, -0.05) is 18.2 Å². The summed E-state index contributed by atoms with van der Waals surface area (Å²) in [7, 11) is 0. The van der Waals surface area contributed by atoms with Gasteiger partial charge in [-0.05, 0) is 26.0 Å². The molecule has 96 valence electrons. The third kappa shape index (κ3) is 2.90. The molecule has 1 aromatic heterocycles. The molecule has 1 aromatic carbocycles. The van der Waals surface area contributed by atoms with Crippen LogP contribution in [0.4, 0.5) is 0 Å². The fourth-order valence-corrected chi connectivity index (χ4v) is 1.81. The van der Waals surface area contributed by atoms with Crippen LogP contribution in [0.25, 0.3) is 0 Å². The Hall–Kier alpha value is -1.81. The van der Waals surface area contributed by atoms with Crippen molar-refractivity contribution in [2.75, 3.05) is 0 Å². The average Bonchev–Trinajstić information content (AvgIpc) is 2.86. The van der Waals surface area contributed by atoms with Gasteiger partial charge in [-0.25, -0.2) is 0 Å². The molecule has 0 spiro atoms. The smallest absolute Gasteiger partial charge is 0.120 e. The van der Waals surface area contributed by atoms with Gasteiger partial charge in [0.1, 0.15) is 5.75 Å². The Morgan fingerprint density at radius 1 is 1.33 bits per heavy atom. The SMILES string of the molecule is CCn1ccc(C(C)NCc2ccccc2O)n1. The normalized spacial score (nSPS) is 12.6. The molecule has 1 atom stereocenters. The molecule has 0 aliphatic heterocycles. The lowest BCUT2D eigenvalue weighted by molar-refractivity contribution is 0.459. The maximum Gasteiger partial charge on any atom is 0.120 e. The quantitative estimate of drug-likeness (QED) is 0.850. The number of nitrogens with one attached hydrogen (secondary N) is 1. The molecule has 0 aliphatic rings. The van der Waals surface area contributed by atoms with Gasteiger partial charge >= 0.3 is 0 Å². The van der Waals surface area contributed by atoms with Crippen molar-refractivity contribution in [2.45, 2.75) is 33.0 Å². The Kier molecular flexibility index (Phi) is 3.99. The lowest BCUT2D eigenvalue weighted by Gasteiger charge is -2.12. The van der Waals surface area contributed by atoms with Crippen molar-refractivity contribution in [3.63, 3.8) is 0 Å². The molecule has 0 aliphatic carbocycles. The monoisotopic (exact) mass is 245 g/mol. The lowest BCUT2D eigenvalue weighted by atomic mass is 10.1. The van der Waals surface area contributed by atoms with Crippen LogP contribution in [0.15, 0.2) is 36.5 Å². The second-order valence-electron chi connectivity index (χ2n) is 4.33. The second-order valence-corrected chi connectivity index (χ2v) is 4.33. The van der Waals surface area contributed by atoms with Crippen molar-refractivity contribution < 1.29 is 5.11 Å². The number of benzene rings is 1. The van der Waals surface area contributed by atoms with E-state index in [0.717, 1.165) is 17.8 Å². The van der Waals surface area contributed by atoms with Crippen molar-refractivity contribution in [2.24, 2.45) is 0 Å². The van der Waals surface area contributed by atoms with Crippen molar-refractivity contribution in [3.05, 3.63) is 47.8 Å². The summed E-state index contributed by atoms with van der Waals surface area (Å²) in [6.45, 7) is 5.65. The number of para-hydroxylation sites is 1. The zero-order valence-electron chi connectivity index (χ0n) is 10.8. The van der Waals surface area contributed by atoms with Crippen molar-refractivity contribution in [3.8, 4) is 5.75 Å². The predicted octanol–water partition coefficient (Wildman–Crippen LogP) is 2.46. The molecule has 0 radical (unpaired) electrons. The Labute approximate surface area is 107 Å². The maximum absolute atomic E-state index is 9.68. The van der Waals surface area contributed by atoms with E-state index in [1.165, 1.54) is 0 Å². The van der Waals surface area contributed by atoms with Crippen LogP contribution in [0.5, 0.6) is 5.75 Å². The third-order valence-corrected chi connectivity index (χ3v) is 3.02. The fourth-order valence-electron chi connectivity index (χ4n) is 1.81. The number of hydrogen-bond donors (Lipinski definition) is 2. The first-order chi connectivity index (χ1) is 8.70. The van der Waals surface area contributed by atoms with Crippen molar-refractivity contribution in [1.29, 1.82) is 0 Å². The minimum atomic E-state index is 0.164. The van der Waals surface area contributed by atoms with Crippen molar-refractivity contribution >= 4 is 0 Å². The van der Waals surface area contributed by atoms with Crippen LogP contribution in [-0.2, 0) is 13.1 Å². The van der Waals surface area contributed by atoms with Crippen LogP contribution in [0.2, 0.25) is 0 Å². The first-order valence-electron chi connectivity index (χ1n) is 6.24. The fraction of sp³-hybridized carbons (Fsp3) is 0.357. The number of phenolic OH excluding ortho intramolecular Hbond substituents is 1. The summed E-state index contributed by atoms with van der Waals surface area (Å²) in [4.78, 5) is 0. The number of hydrogen-bond acceptors (Lipinski definition) is 3. The lowest BCUT2D eigenvalue weighted by Crippen LogP contribution is -2.18. The summed E-state index contributed by atoms with van der Waals surface area (Å²) in [5.74, 6) is 0.330. The summed E-state index contributed by atoms with van der Waals surface area (Å²) in [6.07, 6.45) is 1.98. The predicted molar refractivity (Wildman–Crippen MR) is 71.3 cm³/mol. The molecule has 0 saturated heterocycles. The first-order valence-corrected chi connectivity index (χ1v) is 6.24. The number of aromatic nitrogens is 2. The van der Waals surface area contributed by atoms with E-state index in [1.54, 1.807) is 6.07 Å². The topological polar surface area (TPSA) is 50.1 Å². The molecular weight excluding hydrogens is 226 g/mol. The van der Waals surface area contributed by atoms with Gasteiger partial charge in [0, 0.05) is 30.9 Å². The van der Waals surface area contributed by atoms with E-state index in [2.05, 4.69) is 24.3 Å². The average molecular weight is 245 g/mol. The standard InChI is InChI=1S/C14H19N3O/c1-3-17-9-8-13(16-17)11(2)15-10-12-6-4-5-7-14(12)18/h4-9,11,15,18H,3,10H2,1-2H3. The van der Waals surface area contributed by atoms with Crippen LogP contribution in [0, 0.1) is 0 Å². The van der Waals surface area contributed by atoms with Crippen LogP contribution < -0.4 is 5.32 Å². The van der Waals surface area contributed by atoms with Gasteiger partial charge < -0.3 is 10.4 Å². The van der Waals surface area contributed by atoms with Gasteiger partial charge in [0.15, 0.2) is 0 Å². The summed E-state index contributed by atoms with van der Waals surface area (Å²) < 4.78 is 1.91. The molecule has 0 saturated carbocycles. The molecule has 4 nitrogen and oxygen atoms in total. The zero-order chi connectivity index (χ0) is 13.0. The molecule has 2 rings (SSSR count). The molecule has 0 amide bonds. The number of aromatic hydroxyl groups is 1. The van der Waals surface area contributed by atoms with E-state index in [4.69, 9.17) is 0 Å². The van der Waals surface area contributed by atoms with E-state index in [-0.39, 0.29) is 6.04 Å². The Morgan fingerprint density at radius 2 is 2.11 bits per heavy atom. The molecule has 1 unspecified atom stereocenters. The molecule has 1 heterocycles. The maximum atomic E-state index is 9.68. The first kappa shape index (κ1) is 12.6. The number of phenols is 1. The molecule has 4 heteroatoms. The van der Waals surface area contributed by atoms with E-state index < -0.39 is 0 Å². The van der Waals surface area contributed by atoms with E-state index in [9.17, 15) is 5.11 Å². The second kappa shape index (κ2) is 5.69. The number of nitrogens with zero attached hydrogens (tertiary/aromatic N) is 2. The number of aryl methyl sites for hydroxylation is 1. The van der Waals surface area contributed by atoms with E-state index in [0.29, 0.717) is 12.3 Å². The Balaban J connectivity index is 1.96. The molecule has 0 bridgehead atoms. The molecule has 18 heavy (non-hydrogen) atoms. The molecule has 0 fully saturated rings. The highest BCUT2D eigenvalue weighted by Gasteiger charge is 2.09. The van der Waals surface area contributed by atoms with Gasteiger partial charge in [0.05, 0.1) is 5.69 Å². The van der Waals surface area contributed by atoms with Crippen LogP contribution >= 0.6 is 0 Å². The van der Waals surface area contributed by atoms with Gasteiger partial charge in [-0.2, -0.15) is 5.10 Å². The minimum absolute atomic E-state index is 0.164. The largest absolute Gasteiger partial charge is 0.508 e. The van der Waals surface area contributed by atoms with E-state index in [1.807, 2.05) is 35.1 Å². The number of rotatable bonds is 5. The van der Waals surface area contributed by atoms with Crippen LogP contribution in [0.1, 0.15) is 31.1 Å². The zero-order valence-corrected chi connectivity index (χ0v) is 10.8. The molecule has 2 aromatic rings. The highest BCUT2D eigenvalue weighted by Crippen LogP contribution is 2.17. The van der Waals surface area contributed by atoms with Crippen LogP contribution in [-0.4, -0.2) is 14.9 Å². The van der Waals surface area contributed by atoms with Gasteiger partial charge in [-0.3, -0.25) is 4.68 Å². The summed E-state index contributed by atoms with van der Waals surface area (Å²) in [5.41, 5.74) is 1.92. The summed E-state index contributed by atoms with van der Waals surface area (Å²) >= 11 is 0. The summed E-state index contributed by atoms with van der Waals surface area (Å²) in [6, 6.07) is 9.55. The Bertz CT molecular complexity index is 507. The van der Waals surface area contributed by atoms with Crippen LogP contribution in [0.3, 0.4) is 0 Å². The third-order valence-electron chi connectivity index (χ3n) is 3.02. The highest BCUT2D eigenvalue weighted by molar-refractivity contribution is 5.31. The van der Waals surface area contributed by atoms with Gasteiger partial charge in [0.2, 0.25) is 0 Å². The molecule has 2 N–H and O–H groups in total. The summed E-state index contributed by atoms with van der Waals surface area (Å²) in [5, 5.41) is 17.5. The molecular formula is C14H19N3O. The van der Waals surface area contributed by atoms with Gasteiger partial charge in [0.25, 0.3) is 0 Å². The Morgan fingerprint density at radius 3 is 2.78 bits per heavy atom. The highest BCUT2D eigenvalue weighted by atomic mass is 16.3. The minimum Gasteiger partial charge on any atom is -0.508 e. The van der Waals surface area contributed by atoms with E-state index >= 15 is 0 Å². The van der Waals surface area contributed by atoms with Gasteiger partial charge in [-0.15, -0.1) is 0 Å².